The summed E-state index contributed by atoms with van der Waals surface area (Å²) in [4.78, 5) is 5.93. The first kappa shape index (κ1) is 14.6. The van der Waals surface area contributed by atoms with Crippen LogP contribution in [0.25, 0.3) is 10.4 Å². The lowest BCUT2D eigenvalue weighted by Crippen LogP contribution is -2.25. The largest absolute Gasteiger partial charge is 0.305 e. The highest BCUT2D eigenvalue weighted by Crippen LogP contribution is 2.28. The first-order valence-corrected chi connectivity index (χ1v) is 9.08. The number of thiophene rings is 1. The molecule has 23 heavy (non-hydrogen) atoms. The van der Waals surface area contributed by atoms with Crippen molar-refractivity contribution in [1.29, 1.82) is 0 Å². The Morgan fingerprint density at radius 3 is 2.83 bits per heavy atom. The van der Waals surface area contributed by atoms with Crippen molar-refractivity contribution >= 4 is 11.3 Å². The maximum absolute atomic E-state index is 4.60. The molecule has 0 amide bonds. The van der Waals surface area contributed by atoms with Crippen LogP contribution in [0.2, 0.25) is 0 Å². The quantitative estimate of drug-likeness (QED) is 0.733. The molecule has 0 fully saturated rings. The van der Waals surface area contributed by atoms with Crippen LogP contribution < -0.4 is 5.32 Å². The lowest BCUT2D eigenvalue weighted by Gasteiger charge is -2.25. The highest BCUT2D eigenvalue weighted by molar-refractivity contribution is 7.13. The molecule has 2 aromatic heterocycles. The second-order valence-corrected chi connectivity index (χ2v) is 7.00. The summed E-state index contributed by atoms with van der Waals surface area (Å²) in [5, 5.41) is 5.81. The molecular formula is C20H20N2S. The van der Waals surface area contributed by atoms with Gasteiger partial charge in [0.1, 0.15) is 0 Å². The summed E-state index contributed by atoms with van der Waals surface area (Å²) in [6, 6.07) is 17.8. The summed E-state index contributed by atoms with van der Waals surface area (Å²) in [7, 11) is 0. The van der Waals surface area contributed by atoms with E-state index in [2.05, 4.69) is 58.1 Å². The molecule has 2 heterocycles. The highest BCUT2D eigenvalue weighted by Gasteiger charge is 2.20. The fourth-order valence-corrected chi connectivity index (χ4v) is 4.01. The van der Waals surface area contributed by atoms with E-state index in [1.165, 1.54) is 40.1 Å². The summed E-state index contributed by atoms with van der Waals surface area (Å²) in [6.45, 7) is 0.894. The predicted molar refractivity (Wildman–Crippen MR) is 96.5 cm³/mol. The Labute approximate surface area is 141 Å². The number of benzene rings is 1. The topological polar surface area (TPSA) is 24.9 Å². The number of aryl methyl sites for hydroxylation is 1. The maximum Gasteiger partial charge on any atom is 0.0605 e. The molecule has 3 heteroatoms. The molecule has 116 valence electrons. The van der Waals surface area contributed by atoms with Crippen LogP contribution in [-0.4, -0.2) is 4.98 Å². The van der Waals surface area contributed by atoms with E-state index in [1.54, 1.807) is 11.3 Å². The van der Waals surface area contributed by atoms with Gasteiger partial charge in [0.15, 0.2) is 0 Å². The Bertz CT molecular complexity index is 763. The third-order valence-electron chi connectivity index (χ3n) is 4.51. The van der Waals surface area contributed by atoms with E-state index in [0.717, 1.165) is 13.0 Å². The van der Waals surface area contributed by atoms with Crippen molar-refractivity contribution in [1.82, 2.24) is 10.3 Å². The van der Waals surface area contributed by atoms with E-state index in [4.69, 9.17) is 0 Å². The van der Waals surface area contributed by atoms with Gasteiger partial charge in [-0.05, 0) is 53.5 Å². The molecule has 1 atom stereocenters. The molecule has 3 aromatic rings. The van der Waals surface area contributed by atoms with Crippen LogP contribution in [0.4, 0.5) is 0 Å². The zero-order valence-electron chi connectivity index (χ0n) is 13.0. The number of nitrogens with one attached hydrogen (secondary N) is 1. The first-order valence-electron chi connectivity index (χ1n) is 8.20. The molecule has 1 aromatic carbocycles. The summed E-state index contributed by atoms with van der Waals surface area (Å²) >= 11 is 1.79. The molecule has 1 N–H and O–H groups in total. The second kappa shape index (κ2) is 6.65. The minimum Gasteiger partial charge on any atom is -0.305 e. The normalized spacial score (nSPS) is 17.0. The Kier molecular flexibility index (Phi) is 4.22. The third kappa shape index (κ3) is 3.21. The van der Waals surface area contributed by atoms with Gasteiger partial charge >= 0.3 is 0 Å². The Morgan fingerprint density at radius 2 is 2.00 bits per heavy atom. The number of hydrogen-bond acceptors (Lipinski definition) is 3. The van der Waals surface area contributed by atoms with Crippen LogP contribution in [0.15, 0.2) is 60.1 Å². The van der Waals surface area contributed by atoms with Crippen molar-refractivity contribution in [3.63, 3.8) is 0 Å². The maximum atomic E-state index is 4.60. The average Bonchev–Trinajstić information content (AvgIpc) is 3.15. The van der Waals surface area contributed by atoms with Gasteiger partial charge < -0.3 is 5.32 Å². The first-order chi connectivity index (χ1) is 11.4. The van der Waals surface area contributed by atoms with Crippen LogP contribution in [0.3, 0.4) is 0 Å². The minimum absolute atomic E-state index is 0.386. The number of pyridine rings is 1. The molecule has 0 bridgehead atoms. The van der Waals surface area contributed by atoms with Crippen molar-refractivity contribution in [3.05, 3.63) is 76.9 Å². The molecule has 0 saturated heterocycles. The molecule has 1 aliphatic rings. The number of rotatable bonds is 4. The summed E-state index contributed by atoms with van der Waals surface area (Å²) in [5.74, 6) is 0. The minimum atomic E-state index is 0.386. The number of fused-ring (bicyclic) bond motifs is 1. The SMILES string of the molecule is c1csc(-c2ccc(CNC3CCCc4cccnc43)cc2)c1. The summed E-state index contributed by atoms with van der Waals surface area (Å²) in [6.07, 6.45) is 5.50. The van der Waals surface area contributed by atoms with Crippen molar-refractivity contribution < 1.29 is 0 Å². The van der Waals surface area contributed by atoms with Gasteiger partial charge in [0.25, 0.3) is 0 Å². The number of aromatic nitrogens is 1. The van der Waals surface area contributed by atoms with Crippen LogP contribution in [0.5, 0.6) is 0 Å². The Balaban J connectivity index is 1.44. The van der Waals surface area contributed by atoms with E-state index < -0.39 is 0 Å². The predicted octanol–water partition coefficient (Wildman–Crippen LogP) is 4.98. The fraction of sp³-hybridized carbons (Fsp3) is 0.250. The van der Waals surface area contributed by atoms with Gasteiger partial charge in [-0.1, -0.05) is 36.4 Å². The van der Waals surface area contributed by atoms with Gasteiger partial charge in [-0.3, -0.25) is 4.98 Å². The zero-order valence-corrected chi connectivity index (χ0v) is 13.9. The summed E-state index contributed by atoms with van der Waals surface area (Å²) in [5.41, 5.74) is 5.28. The third-order valence-corrected chi connectivity index (χ3v) is 5.43. The van der Waals surface area contributed by atoms with Crippen LogP contribution in [-0.2, 0) is 13.0 Å². The standard InChI is InChI=1S/C20H20N2S/c1-4-17-5-2-12-21-20(17)18(6-1)22-14-15-8-10-16(11-9-15)19-7-3-13-23-19/h2-3,5,7-13,18,22H,1,4,6,14H2. The molecule has 0 spiro atoms. The molecule has 2 nitrogen and oxygen atoms in total. The smallest absolute Gasteiger partial charge is 0.0605 e. The van der Waals surface area contributed by atoms with Gasteiger partial charge in [-0.25, -0.2) is 0 Å². The lowest BCUT2D eigenvalue weighted by molar-refractivity contribution is 0.447. The molecule has 0 aliphatic heterocycles. The van der Waals surface area contributed by atoms with Crippen molar-refractivity contribution in [2.45, 2.75) is 31.8 Å². The summed E-state index contributed by atoms with van der Waals surface area (Å²) < 4.78 is 0. The molecule has 1 unspecified atom stereocenters. The zero-order chi connectivity index (χ0) is 15.5. The van der Waals surface area contributed by atoms with Crippen LogP contribution in [0.1, 0.15) is 35.7 Å². The highest BCUT2D eigenvalue weighted by atomic mass is 32.1. The van der Waals surface area contributed by atoms with E-state index in [9.17, 15) is 0 Å². The fourth-order valence-electron chi connectivity index (χ4n) is 3.28. The average molecular weight is 320 g/mol. The van der Waals surface area contributed by atoms with Crippen LogP contribution in [0, 0.1) is 0 Å². The second-order valence-electron chi connectivity index (χ2n) is 6.05. The number of hydrogen-bond donors (Lipinski definition) is 1. The molecule has 0 saturated carbocycles. The van der Waals surface area contributed by atoms with Crippen LogP contribution >= 0.6 is 11.3 Å². The van der Waals surface area contributed by atoms with Gasteiger partial charge in [0.2, 0.25) is 0 Å². The lowest BCUT2D eigenvalue weighted by atomic mass is 9.92. The van der Waals surface area contributed by atoms with E-state index in [0.29, 0.717) is 6.04 Å². The number of nitrogens with zero attached hydrogens (tertiary/aromatic N) is 1. The van der Waals surface area contributed by atoms with Crippen molar-refractivity contribution in [2.24, 2.45) is 0 Å². The Morgan fingerprint density at radius 1 is 1.09 bits per heavy atom. The van der Waals surface area contributed by atoms with E-state index in [-0.39, 0.29) is 0 Å². The van der Waals surface area contributed by atoms with Crippen molar-refractivity contribution in [2.75, 3.05) is 0 Å². The van der Waals surface area contributed by atoms with Gasteiger partial charge in [0, 0.05) is 17.6 Å². The van der Waals surface area contributed by atoms with E-state index in [1.807, 2.05) is 12.3 Å². The van der Waals surface area contributed by atoms with Gasteiger partial charge in [-0.15, -0.1) is 11.3 Å². The van der Waals surface area contributed by atoms with Crippen molar-refractivity contribution in [3.8, 4) is 10.4 Å². The molecular weight excluding hydrogens is 300 g/mol. The monoisotopic (exact) mass is 320 g/mol. The van der Waals surface area contributed by atoms with Gasteiger partial charge in [-0.2, -0.15) is 0 Å². The molecule has 4 rings (SSSR count). The van der Waals surface area contributed by atoms with E-state index >= 15 is 0 Å². The molecule has 0 radical (unpaired) electrons. The van der Waals surface area contributed by atoms with Gasteiger partial charge in [0.05, 0.1) is 11.7 Å². The Hall–Kier alpha value is -1.97. The molecule has 1 aliphatic carbocycles.